The van der Waals surface area contributed by atoms with E-state index in [0.717, 1.165) is 6.20 Å². The quantitative estimate of drug-likeness (QED) is 0.512. The first-order valence-electron chi connectivity index (χ1n) is 7.87. The topological polar surface area (TPSA) is 108 Å². The highest BCUT2D eigenvalue weighted by atomic mass is 35.5. The molecule has 2 aromatic heterocycles. The molecule has 3 rings (SSSR count). The Morgan fingerprint density at radius 2 is 2.15 bits per heavy atom. The molecule has 0 bridgehead atoms. The number of hydrogen-bond donors (Lipinski definition) is 1. The highest BCUT2D eigenvalue weighted by Crippen LogP contribution is 2.21. The molecule has 0 aliphatic rings. The number of anilines is 1. The smallest absolute Gasteiger partial charge is 0.318 e. The van der Waals surface area contributed by atoms with Crippen LogP contribution in [0.5, 0.6) is 0 Å². The number of carbonyl (C=O) groups excluding carboxylic acids is 1. The molecule has 1 N–H and O–H groups in total. The van der Waals surface area contributed by atoms with Gasteiger partial charge in [-0.2, -0.15) is 10.2 Å². The Morgan fingerprint density at radius 1 is 1.37 bits per heavy atom. The van der Waals surface area contributed by atoms with E-state index in [1.54, 1.807) is 13.0 Å². The van der Waals surface area contributed by atoms with Gasteiger partial charge in [0.05, 0.1) is 23.4 Å². The van der Waals surface area contributed by atoms with E-state index >= 15 is 0 Å². The number of aromatic nitrogens is 4. The predicted molar refractivity (Wildman–Crippen MR) is 95.2 cm³/mol. The van der Waals surface area contributed by atoms with Gasteiger partial charge in [0.25, 0.3) is 5.91 Å². The van der Waals surface area contributed by atoms with E-state index in [9.17, 15) is 19.3 Å². The molecule has 0 spiro atoms. The van der Waals surface area contributed by atoms with Crippen LogP contribution in [0.4, 0.5) is 15.8 Å². The number of halogens is 2. The number of carbonyl (C=O) groups is 1. The van der Waals surface area contributed by atoms with Crippen LogP contribution in [-0.2, 0) is 13.1 Å². The Balaban J connectivity index is 1.77. The summed E-state index contributed by atoms with van der Waals surface area (Å²) in [6, 6.07) is 4.04. The number of benzene rings is 1. The summed E-state index contributed by atoms with van der Waals surface area (Å²) < 4.78 is 15.9. The first-order valence-corrected chi connectivity index (χ1v) is 8.24. The molecule has 27 heavy (non-hydrogen) atoms. The largest absolute Gasteiger partial charge is 0.320 e. The molecule has 140 valence electrons. The van der Waals surface area contributed by atoms with E-state index in [2.05, 4.69) is 15.5 Å². The van der Waals surface area contributed by atoms with Crippen molar-refractivity contribution in [3.8, 4) is 0 Å². The van der Waals surface area contributed by atoms with Gasteiger partial charge in [-0.15, -0.1) is 0 Å². The van der Waals surface area contributed by atoms with Crippen LogP contribution < -0.4 is 5.32 Å². The molecule has 0 saturated carbocycles. The maximum absolute atomic E-state index is 13.1. The third-order valence-electron chi connectivity index (χ3n) is 3.77. The van der Waals surface area contributed by atoms with Crippen LogP contribution in [-0.4, -0.2) is 30.4 Å². The summed E-state index contributed by atoms with van der Waals surface area (Å²) in [5.41, 5.74) is 0.479. The summed E-state index contributed by atoms with van der Waals surface area (Å²) >= 11 is 5.99. The molecule has 0 radical (unpaired) electrons. The number of nitrogens with one attached hydrogen (secondary N) is 1. The number of hydrogen-bond acceptors (Lipinski definition) is 5. The summed E-state index contributed by atoms with van der Waals surface area (Å²) in [5.74, 6) is -1.10. The van der Waals surface area contributed by atoms with E-state index in [1.807, 2.05) is 0 Å². The molecule has 2 heterocycles. The van der Waals surface area contributed by atoms with Crippen molar-refractivity contribution >= 4 is 28.9 Å². The second-order valence-electron chi connectivity index (χ2n) is 5.57. The lowest BCUT2D eigenvalue weighted by Crippen LogP contribution is -2.18. The third-order valence-corrected chi connectivity index (χ3v) is 4.12. The average molecular weight is 393 g/mol. The molecule has 11 heteroatoms. The minimum absolute atomic E-state index is 0.142. The Hall–Kier alpha value is -3.27. The Kier molecular flexibility index (Phi) is 5.17. The van der Waals surface area contributed by atoms with Crippen molar-refractivity contribution in [3.05, 3.63) is 69.0 Å². The second kappa shape index (κ2) is 7.54. The molecule has 0 saturated heterocycles. The zero-order chi connectivity index (χ0) is 19.6. The van der Waals surface area contributed by atoms with Gasteiger partial charge in [-0.05, 0) is 24.6 Å². The van der Waals surface area contributed by atoms with Crippen LogP contribution >= 0.6 is 11.6 Å². The SMILES string of the molecule is CCn1ncc([N+](=O)[O-])c1C(=O)Nc1cnn(Cc2ccc(F)cc2Cl)c1. The number of amides is 1. The van der Waals surface area contributed by atoms with Crippen molar-refractivity contribution < 1.29 is 14.1 Å². The molecule has 9 nitrogen and oxygen atoms in total. The lowest BCUT2D eigenvalue weighted by Gasteiger charge is -2.05. The number of nitrogens with zero attached hydrogens (tertiary/aromatic N) is 5. The maximum atomic E-state index is 13.1. The summed E-state index contributed by atoms with van der Waals surface area (Å²) in [5, 5.41) is 21.9. The van der Waals surface area contributed by atoms with Crippen LogP contribution in [0.2, 0.25) is 5.02 Å². The number of nitro groups is 1. The molecule has 1 amide bonds. The van der Waals surface area contributed by atoms with Crippen molar-refractivity contribution in [1.82, 2.24) is 19.6 Å². The van der Waals surface area contributed by atoms with Gasteiger partial charge >= 0.3 is 5.69 Å². The van der Waals surface area contributed by atoms with Crippen molar-refractivity contribution in [3.63, 3.8) is 0 Å². The molecule has 0 unspecified atom stereocenters. The Labute approximate surface area is 157 Å². The van der Waals surface area contributed by atoms with E-state index in [-0.39, 0.29) is 22.9 Å². The lowest BCUT2D eigenvalue weighted by molar-refractivity contribution is -0.385. The Bertz CT molecular complexity index is 1020. The third kappa shape index (κ3) is 3.95. The molecule has 1 aromatic carbocycles. The molecule has 3 aromatic rings. The van der Waals surface area contributed by atoms with Crippen LogP contribution in [0.3, 0.4) is 0 Å². The van der Waals surface area contributed by atoms with Gasteiger partial charge in [-0.1, -0.05) is 17.7 Å². The minimum Gasteiger partial charge on any atom is -0.318 e. The molecular weight excluding hydrogens is 379 g/mol. The molecule has 0 aliphatic heterocycles. The highest BCUT2D eigenvalue weighted by Gasteiger charge is 2.26. The second-order valence-corrected chi connectivity index (χ2v) is 5.97. The van der Waals surface area contributed by atoms with Gasteiger partial charge in [0.1, 0.15) is 12.0 Å². The Morgan fingerprint density at radius 3 is 2.81 bits per heavy atom. The van der Waals surface area contributed by atoms with E-state index in [1.165, 1.54) is 33.9 Å². The minimum atomic E-state index is -0.666. The van der Waals surface area contributed by atoms with Gasteiger partial charge in [0.2, 0.25) is 5.69 Å². The van der Waals surface area contributed by atoms with Crippen molar-refractivity contribution in [2.75, 3.05) is 5.32 Å². The molecule has 0 atom stereocenters. The van der Waals surface area contributed by atoms with Gasteiger partial charge in [0.15, 0.2) is 0 Å². The van der Waals surface area contributed by atoms with Crippen LogP contribution in [0, 0.1) is 15.9 Å². The number of rotatable bonds is 6. The van der Waals surface area contributed by atoms with Crippen LogP contribution in [0.25, 0.3) is 0 Å². The zero-order valence-electron chi connectivity index (χ0n) is 14.1. The monoisotopic (exact) mass is 392 g/mol. The fourth-order valence-corrected chi connectivity index (χ4v) is 2.74. The fourth-order valence-electron chi connectivity index (χ4n) is 2.51. The van der Waals surface area contributed by atoms with E-state index < -0.39 is 16.6 Å². The first-order chi connectivity index (χ1) is 12.9. The van der Waals surface area contributed by atoms with Gasteiger partial charge < -0.3 is 5.32 Å². The van der Waals surface area contributed by atoms with Crippen molar-refractivity contribution in [1.29, 1.82) is 0 Å². The first kappa shape index (κ1) is 18.5. The molecule has 0 aliphatic carbocycles. The summed E-state index contributed by atoms with van der Waals surface area (Å²) in [7, 11) is 0. The van der Waals surface area contributed by atoms with Crippen molar-refractivity contribution in [2.45, 2.75) is 20.0 Å². The highest BCUT2D eigenvalue weighted by molar-refractivity contribution is 6.31. The normalized spacial score (nSPS) is 10.8. The van der Waals surface area contributed by atoms with Gasteiger partial charge in [0, 0.05) is 17.8 Å². The summed E-state index contributed by atoms with van der Waals surface area (Å²) in [6.07, 6.45) is 3.97. The maximum Gasteiger partial charge on any atom is 0.320 e. The van der Waals surface area contributed by atoms with Crippen LogP contribution in [0.1, 0.15) is 23.0 Å². The van der Waals surface area contributed by atoms with Gasteiger partial charge in [-0.25, -0.2) is 4.39 Å². The fraction of sp³-hybridized carbons (Fsp3) is 0.188. The molecular formula is C16H14ClFN6O3. The van der Waals surface area contributed by atoms with Crippen molar-refractivity contribution in [2.24, 2.45) is 0 Å². The average Bonchev–Trinajstić information content (AvgIpc) is 3.23. The van der Waals surface area contributed by atoms with E-state index in [4.69, 9.17) is 11.6 Å². The van der Waals surface area contributed by atoms with Gasteiger partial charge in [-0.3, -0.25) is 24.3 Å². The standard InChI is InChI=1S/C16H14ClFN6O3/c1-2-23-15(14(7-20-23)24(26)27)16(25)21-12-6-19-22(9-12)8-10-3-4-11(18)5-13(10)17/h3-7,9H,2,8H2,1H3,(H,21,25). The summed E-state index contributed by atoms with van der Waals surface area (Å²) in [4.78, 5) is 22.9. The summed E-state index contributed by atoms with van der Waals surface area (Å²) in [6.45, 7) is 2.29. The number of aryl methyl sites for hydroxylation is 1. The molecule has 0 fully saturated rings. The van der Waals surface area contributed by atoms with Crippen LogP contribution in [0.15, 0.2) is 36.8 Å². The zero-order valence-corrected chi connectivity index (χ0v) is 14.9. The lowest BCUT2D eigenvalue weighted by atomic mass is 10.2. The van der Waals surface area contributed by atoms with E-state index in [0.29, 0.717) is 17.8 Å². The predicted octanol–water partition coefficient (Wildman–Crippen LogP) is 3.10.